The van der Waals surface area contributed by atoms with Crippen LogP contribution in [0, 0.1) is 0 Å². The quantitative estimate of drug-likeness (QED) is 0.840. The lowest BCUT2D eigenvalue weighted by molar-refractivity contribution is -0.139. The SMILES string of the molecule is CN1CCc2c(OCC(=O)O)cccc2C1=O. The first kappa shape index (κ1) is 11.4. The van der Waals surface area contributed by atoms with E-state index in [9.17, 15) is 9.59 Å². The van der Waals surface area contributed by atoms with E-state index in [0.717, 1.165) is 5.56 Å². The summed E-state index contributed by atoms with van der Waals surface area (Å²) in [6.45, 7) is 0.236. The second-order valence-corrected chi connectivity index (χ2v) is 3.94. The smallest absolute Gasteiger partial charge is 0.341 e. The number of aliphatic carboxylic acids is 1. The van der Waals surface area contributed by atoms with Gasteiger partial charge in [0.2, 0.25) is 0 Å². The van der Waals surface area contributed by atoms with Gasteiger partial charge in [0, 0.05) is 24.7 Å². The molecule has 5 nitrogen and oxygen atoms in total. The first-order valence-corrected chi connectivity index (χ1v) is 5.31. The molecule has 0 radical (unpaired) electrons. The van der Waals surface area contributed by atoms with E-state index in [0.29, 0.717) is 24.3 Å². The number of carbonyl (C=O) groups excluding carboxylic acids is 1. The molecular weight excluding hydrogens is 222 g/mol. The van der Waals surface area contributed by atoms with E-state index in [-0.39, 0.29) is 12.5 Å². The molecule has 0 spiro atoms. The molecule has 1 aliphatic rings. The summed E-state index contributed by atoms with van der Waals surface area (Å²) in [5.74, 6) is -0.583. The number of carboxylic acid groups (broad SMARTS) is 1. The molecule has 1 aromatic carbocycles. The van der Waals surface area contributed by atoms with Gasteiger partial charge < -0.3 is 14.7 Å². The maximum Gasteiger partial charge on any atom is 0.341 e. The highest BCUT2D eigenvalue weighted by atomic mass is 16.5. The van der Waals surface area contributed by atoms with Crippen molar-refractivity contribution in [2.24, 2.45) is 0 Å². The third-order valence-corrected chi connectivity index (χ3v) is 2.76. The van der Waals surface area contributed by atoms with Crippen molar-refractivity contribution in [3.05, 3.63) is 29.3 Å². The van der Waals surface area contributed by atoms with Gasteiger partial charge in [0.25, 0.3) is 5.91 Å². The Kier molecular flexibility index (Phi) is 2.99. The predicted octanol–water partition coefficient (Wildman–Crippen LogP) is 0.778. The number of likely N-dealkylation sites (N-methyl/N-ethyl adjacent to an activating group) is 1. The fourth-order valence-corrected chi connectivity index (χ4v) is 1.89. The number of hydrogen-bond acceptors (Lipinski definition) is 3. The van der Waals surface area contributed by atoms with E-state index in [1.807, 2.05) is 0 Å². The zero-order chi connectivity index (χ0) is 12.4. The number of benzene rings is 1. The van der Waals surface area contributed by atoms with E-state index in [1.165, 1.54) is 0 Å². The van der Waals surface area contributed by atoms with Gasteiger partial charge in [-0.3, -0.25) is 4.79 Å². The van der Waals surface area contributed by atoms with Gasteiger partial charge in [-0.15, -0.1) is 0 Å². The molecule has 1 heterocycles. The van der Waals surface area contributed by atoms with Crippen molar-refractivity contribution in [1.82, 2.24) is 4.90 Å². The first-order valence-electron chi connectivity index (χ1n) is 5.31. The molecule has 1 aromatic rings. The summed E-state index contributed by atoms with van der Waals surface area (Å²) < 4.78 is 5.18. The van der Waals surface area contributed by atoms with Gasteiger partial charge in [-0.2, -0.15) is 0 Å². The normalized spacial score (nSPS) is 14.4. The fraction of sp³-hybridized carbons (Fsp3) is 0.333. The van der Waals surface area contributed by atoms with Crippen molar-refractivity contribution < 1.29 is 19.4 Å². The number of rotatable bonds is 3. The number of ether oxygens (including phenoxy) is 1. The Balaban J connectivity index is 2.30. The summed E-state index contributed by atoms with van der Waals surface area (Å²) in [5.41, 5.74) is 1.40. The third-order valence-electron chi connectivity index (χ3n) is 2.76. The molecule has 1 N–H and O–H groups in total. The number of amides is 1. The molecule has 90 valence electrons. The number of carboxylic acids is 1. The van der Waals surface area contributed by atoms with Crippen LogP contribution < -0.4 is 4.74 Å². The van der Waals surface area contributed by atoms with Gasteiger partial charge in [-0.05, 0) is 18.6 Å². The third kappa shape index (κ3) is 2.22. The summed E-state index contributed by atoms with van der Waals surface area (Å²) in [6.07, 6.45) is 0.688. The maximum absolute atomic E-state index is 11.9. The minimum Gasteiger partial charge on any atom is -0.482 e. The molecular formula is C12H13NO4. The van der Waals surface area contributed by atoms with Gasteiger partial charge in [0.05, 0.1) is 0 Å². The standard InChI is InChI=1S/C12H13NO4/c1-13-6-5-8-9(12(13)16)3-2-4-10(8)17-7-11(14)15/h2-4H,5-7H2,1H3,(H,14,15). The van der Waals surface area contributed by atoms with Gasteiger partial charge >= 0.3 is 5.97 Å². The van der Waals surface area contributed by atoms with Crippen LogP contribution >= 0.6 is 0 Å². The van der Waals surface area contributed by atoms with Gasteiger partial charge in [0.15, 0.2) is 6.61 Å². The van der Waals surface area contributed by atoms with Crippen molar-refractivity contribution in [1.29, 1.82) is 0 Å². The van der Waals surface area contributed by atoms with Crippen LogP contribution in [-0.4, -0.2) is 42.1 Å². The number of carbonyl (C=O) groups is 2. The highest BCUT2D eigenvalue weighted by molar-refractivity contribution is 5.97. The van der Waals surface area contributed by atoms with E-state index < -0.39 is 5.97 Å². The lowest BCUT2D eigenvalue weighted by Crippen LogP contribution is -2.34. The molecule has 0 unspecified atom stereocenters. The molecule has 0 saturated carbocycles. The van der Waals surface area contributed by atoms with E-state index >= 15 is 0 Å². The molecule has 0 fully saturated rings. The van der Waals surface area contributed by atoms with Crippen LogP contribution in [0.15, 0.2) is 18.2 Å². The molecule has 0 aromatic heterocycles. The van der Waals surface area contributed by atoms with Crippen molar-refractivity contribution in [2.45, 2.75) is 6.42 Å². The highest BCUT2D eigenvalue weighted by Gasteiger charge is 2.24. The summed E-state index contributed by atoms with van der Waals surface area (Å²) >= 11 is 0. The van der Waals surface area contributed by atoms with Crippen molar-refractivity contribution >= 4 is 11.9 Å². The van der Waals surface area contributed by atoms with Gasteiger partial charge in [-0.25, -0.2) is 4.79 Å². The second-order valence-electron chi connectivity index (χ2n) is 3.94. The van der Waals surface area contributed by atoms with Crippen molar-refractivity contribution in [2.75, 3.05) is 20.2 Å². The van der Waals surface area contributed by atoms with Crippen LogP contribution in [0.2, 0.25) is 0 Å². The Hall–Kier alpha value is -2.04. The lowest BCUT2D eigenvalue weighted by atomic mass is 9.98. The maximum atomic E-state index is 11.9. The monoisotopic (exact) mass is 235 g/mol. The average molecular weight is 235 g/mol. The molecule has 1 aliphatic heterocycles. The summed E-state index contributed by atoms with van der Waals surface area (Å²) in [6, 6.07) is 5.13. The van der Waals surface area contributed by atoms with E-state index in [2.05, 4.69) is 0 Å². The van der Waals surface area contributed by atoms with Crippen LogP contribution in [0.25, 0.3) is 0 Å². The Bertz CT molecular complexity index is 470. The molecule has 5 heteroatoms. The van der Waals surface area contributed by atoms with Gasteiger partial charge in [0.1, 0.15) is 5.75 Å². The average Bonchev–Trinajstić information content (AvgIpc) is 2.31. The zero-order valence-electron chi connectivity index (χ0n) is 9.47. The second kappa shape index (κ2) is 4.45. The number of hydrogen-bond donors (Lipinski definition) is 1. The Morgan fingerprint density at radius 3 is 3.00 bits per heavy atom. The van der Waals surface area contributed by atoms with Crippen molar-refractivity contribution in [3.63, 3.8) is 0 Å². The minimum atomic E-state index is -1.03. The largest absolute Gasteiger partial charge is 0.482 e. The van der Waals surface area contributed by atoms with Crippen LogP contribution in [0.5, 0.6) is 5.75 Å². The lowest BCUT2D eigenvalue weighted by Gasteiger charge is -2.26. The first-order chi connectivity index (χ1) is 8.09. The molecule has 17 heavy (non-hydrogen) atoms. The predicted molar refractivity (Wildman–Crippen MR) is 60.2 cm³/mol. The van der Waals surface area contributed by atoms with Crippen LogP contribution in [0.3, 0.4) is 0 Å². The van der Waals surface area contributed by atoms with E-state index in [1.54, 1.807) is 30.1 Å². The fourth-order valence-electron chi connectivity index (χ4n) is 1.89. The number of fused-ring (bicyclic) bond motifs is 1. The Morgan fingerprint density at radius 1 is 1.53 bits per heavy atom. The molecule has 0 aliphatic carbocycles. The number of nitrogens with zero attached hydrogens (tertiary/aromatic N) is 1. The Morgan fingerprint density at radius 2 is 2.29 bits per heavy atom. The Labute approximate surface area is 98.6 Å². The summed E-state index contributed by atoms with van der Waals surface area (Å²) in [7, 11) is 1.75. The molecule has 2 rings (SSSR count). The highest BCUT2D eigenvalue weighted by Crippen LogP contribution is 2.27. The minimum absolute atomic E-state index is 0.0491. The topological polar surface area (TPSA) is 66.8 Å². The van der Waals surface area contributed by atoms with Crippen LogP contribution in [0.4, 0.5) is 0 Å². The van der Waals surface area contributed by atoms with Crippen molar-refractivity contribution in [3.8, 4) is 5.75 Å². The van der Waals surface area contributed by atoms with Crippen LogP contribution in [0.1, 0.15) is 15.9 Å². The molecule has 0 bridgehead atoms. The zero-order valence-corrected chi connectivity index (χ0v) is 9.47. The van der Waals surface area contributed by atoms with Gasteiger partial charge in [-0.1, -0.05) is 6.07 Å². The summed E-state index contributed by atoms with van der Waals surface area (Å²) in [4.78, 5) is 24.0. The molecule has 0 atom stereocenters. The molecule has 1 amide bonds. The molecule has 0 saturated heterocycles. The summed E-state index contributed by atoms with van der Waals surface area (Å²) in [5, 5.41) is 8.57. The van der Waals surface area contributed by atoms with Crippen LogP contribution in [-0.2, 0) is 11.2 Å². The van der Waals surface area contributed by atoms with E-state index in [4.69, 9.17) is 9.84 Å².